The van der Waals surface area contributed by atoms with E-state index in [1.807, 2.05) is 20.8 Å². The van der Waals surface area contributed by atoms with Crippen LogP contribution in [0.15, 0.2) is 29.2 Å². The monoisotopic (exact) mass is 311 g/mol. The largest absolute Gasteiger partial charge is 0.388 e. The summed E-state index contributed by atoms with van der Waals surface area (Å²) in [7, 11) is -3.50. The van der Waals surface area contributed by atoms with E-state index in [1.54, 1.807) is 28.6 Å². The van der Waals surface area contributed by atoms with Crippen molar-refractivity contribution in [1.29, 1.82) is 0 Å². The Labute approximate surface area is 127 Å². The Hall–Kier alpha value is -0.910. The SMILES string of the molecule is CCC(O)c1cccc(S(=O)(=O)N2[C@H](C)CCC[C@@H]2C)c1. The molecule has 1 aromatic carbocycles. The van der Waals surface area contributed by atoms with Crippen molar-refractivity contribution < 1.29 is 13.5 Å². The minimum atomic E-state index is -3.50. The lowest BCUT2D eigenvalue weighted by atomic mass is 10.0. The standard InChI is InChI=1S/C16H25NO3S/c1-4-16(18)14-9-6-10-15(11-14)21(19,20)17-12(2)7-5-8-13(17)3/h6,9-13,16,18H,4-5,7-8H2,1-3H3/t12-,13+,16?. The van der Waals surface area contributed by atoms with E-state index in [2.05, 4.69) is 0 Å². The Morgan fingerprint density at radius 1 is 1.29 bits per heavy atom. The van der Waals surface area contributed by atoms with Crippen LogP contribution in [0, 0.1) is 0 Å². The third kappa shape index (κ3) is 3.30. The average molecular weight is 311 g/mol. The highest BCUT2D eigenvalue weighted by Gasteiger charge is 2.35. The summed E-state index contributed by atoms with van der Waals surface area (Å²) >= 11 is 0. The van der Waals surface area contributed by atoms with Crippen LogP contribution in [0.1, 0.15) is 58.1 Å². The summed E-state index contributed by atoms with van der Waals surface area (Å²) in [5.41, 5.74) is 0.663. The van der Waals surface area contributed by atoms with Crippen LogP contribution in [0.3, 0.4) is 0 Å². The van der Waals surface area contributed by atoms with Gasteiger partial charge in [0.1, 0.15) is 0 Å². The van der Waals surface area contributed by atoms with Crippen LogP contribution >= 0.6 is 0 Å². The summed E-state index contributed by atoms with van der Waals surface area (Å²) < 4.78 is 27.5. The second-order valence-corrected chi connectivity index (χ2v) is 7.80. The number of hydrogen-bond donors (Lipinski definition) is 1. The predicted molar refractivity (Wildman–Crippen MR) is 83.5 cm³/mol. The van der Waals surface area contributed by atoms with Crippen molar-refractivity contribution in [2.45, 2.75) is 69.5 Å². The molecule has 4 nitrogen and oxygen atoms in total. The summed E-state index contributed by atoms with van der Waals surface area (Å²) in [6, 6.07) is 6.76. The van der Waals surface area contributed by atoms with Crippen molar-refractivity contribution in [1.82, 2.24) is 4.31 Å². The third-order valence-electron chi connectivity index (χ3n) is 4.32. The lowest BCUT2D eigenvalue weighted by molar-refractivity contribution is 0.173. The van der Waals surface area contributed by atoms with Crippen LogP contribution in [-0.4, -0.2) is 29.9 Å². The summed E-state index contributed by atoms with van der Waals surface area (Å²) in [6.07, 6.45) is 2.83. The van der Waals surface area contributed by atoms with E-state index in [4.69, 9.17) is 0 Å². The first-order chi connectivity index (χ1) is 9.87. The molecule has 1 aromatic rings. The van der Waals surface area contributed by atoms with Crippen molar-refractivity contribution in [3.63, 3.8) is 0 Å². The molecule has 1 unspecified atom stereocenters. The Morgan fingerprint density at radius 2 is 1.90 bits per heavy atom. The Balaban J connectivity index is 2.39. The molecule has 1 fully saturated rings. The first kappa shape index (κ1) is 16.5. The first-order valence-corrected chi connectivity index (χ1v) is 9.13. The number of rotatable bonds is 4. The molecule has 0 amide bonds. The van der Waals surface area contributed by atoms with Crippen LogP contribution in [0.4, 0.5) is 0 Å². The molecular formula is C16H25NO3S. The molecular weight excluding hydrogens is 286 g/mol. The zero-order valence-corrected chi connectivity index (χ0v) is 13.8. The minimum Gasteiger partial charge on any atom is -0.388 e. The molecule has 0 aromatic heterocycles. The van der Waals surface area contributed by atoms with Gasteiger partial charge >= 0.3 is 0 Å². The first-order valence-electron chi connectivity index (χ1n) is 7.69. The van der Waals surface area contributed by atoms with E-state index in [0.29, 0.717) is 12.0 Å². The molecule has 0 spiro atoms. The molecule has 3 atom stereocenters. The van der Waals surface area contributed by atoms with Gasteiger partial charge in [-0.25, -0.2) is 8.42 Å². The fourth-order valence-electron chi connectivity index (χ4n) is 3.11. The normalized spacial score (nSPS) is 25.7. The van der Waals surface area contributed by atoms with Gasteiger partial charge in [0.25, 0.3) is 0 Å². The molecule has 118 valence electrons. The molecule has 1 aliphatic rings. The molecule has 1 heterocycles. The Morgan fingerprint density at radius 3 is 2.48 bits per heavy atom. The second kappa shape index (κ2) is 6.46. The number of benzene rings is 1. The van der Waals surface area contributed by atoms with Gasteiger partial charge in [-0.3, -0.25) is 0 Å². The summed E-state index contributed by atoms with van der Waals surface area (Å²) in [6.45, 7) is 5.82. The van der Waals surface area contributed by atoms with Crippen molar-refractivity contribution in [3.8, 4) is 0 Å². The third-order valence-corrected chi connectivity index (χ3v) is 6.44. The maximum Gasteiger partial charge on any atom is 0.243 e. The average Bonchev–Trinajstić information content (AvgIpc) is 2.46. The number of aliphatic hydroxyl groups is 1. The zero-order chi connectivity index (χ0) is 15.6. The van der Waals surface area contributed by atoms with Crippen molar-refractivity contribution in [2.75, 3.05) is 0 Å². The van der Waals surface area contributed by atoms with Crippen molar-refractivity contribution >= 4 is 10.0 Å². The van der Waals surface area contributed by atoms with Crippen molar-refractivity contribution in [3.05, 3.63) is 29.8 Å². The summed E-state index contributed by atoms with van der Waals surface area (Å²) in [5.74, 6) is 0. The summed E-state index contributed by atoms with van der Waals surface area (Å²) in [5, 5.41) is 9.93. The number of nitrogens with zero attached hydrogens (tertiary/aromatic N) is 1. The Bertz CT molecular complexity index is 575. The number of sulfonamides is 1. The minimum absolute atomic E-state index is 0.0264. The van der Waals surface area contributed by atoms with Gasteiger partial charge in [0.05, 0.1) is 11.0 Å². The van der Waals surface area contributed by atoms with Gasteiger partial charge in [-0.1, -0.05) is 25.5 Å². The van der Waals surface area contributed by atoms with E-state index in [0.717, 1.165) is 19.3 Å². The molecule has 5 heteroatoms. The molecule has 1 saturated heterocycles. The topological polar surface area (TPSA) is 57.6 Å². The fraction of sp³-hybridized carbons (Fsp3) is 0.625. The molecule has 1 N–H and O–H groups in total. The van der Waals surface area contributed by atoms with Gasteiger partial charge in [0.15, 0.2) is 0 Å². The molecule has 21 heavy (non-hydrogen) atoms. The highest BCUT2D eigenvalue weighted by atomic mass is 32.2. The number of piperidine rings is 1. The number of aliphatic hydroxyl groups excluding tert-OH is 1. The van der Waals surface area contributed by atoms with Gasteiger partial charge < -0.3 is 5.11 Å². The Kier molecular flexibility index (Phi) is 5.07. The molecule has 0 aliphatic carbocycles. The van der Waals surface area contributed by atoms with Crippen LogP contribution in [-0.2, 0) is 10.0 Å². The van der Waals surface area contributed by atoms with Crippen LogP contribution in [0.25, 0.3) is 0 Å². The molecule has 1 aliphatic heterocycles. The van der Waals surface area contributed by atoms with E-state index in [9.17, 15) is 13.5 Å². The van der Waals surface area contributed by atoms with E-state index >= 15 is 0 Å². The van der Waals surface area contributed by atoms with Gasteiger partial charge in [-0.15, -0.1) is 0 Å². The van der Waals surface area contributed by atoms with E-state index in [-0.39, 0.29) is 17.0 Å². The number of hydrogen-bond acceptors (Lipinski definition) is 3. The van der Waals surface area contributed by atoms with E-state index < -0.39 is 16.1 Å². The highest BCUT2D eigenvalue weighted by molar-refractivity contribution is 7.89. The molecule has 0 bridgehead atoms. The fourth-order valence-corrected chi connectivity index (χ4v) is 5.05. The van der Waals surface area contributed by atoms with Gasteiger partial charge in [0, 0.05) is 12.1 Å². The lowest BCUT2D eigenvalue weighted by Crippen LogP contribution is -2.47. The van der Waals surface area contributed by atoms with Gasteiger partial charge in [0.2, 0.25) is 10.0 Å². The van der Waals surface area contributed by atoms with Crippen LogP contribution in [0.5, 0.6) is 0 Å². The van der Waals surface area contributed by atoms with Gasteiger partial charge in [-0.05, 0) is 50.8 Å². The van der Waals surface area contributed by atoms with Crippen molar-refractivity contribution in [2.24, 2.45) is 0 Å². The quantitative estimate of drug-likeness (QED) is 0.929. The van der Waals surface area contributed by atoms with Gasteiger partial charge in [-0.2, -0.15) is 4.31 Å². The molecule has 2 rings (SSSR count). The smallest absolute Gasteiger partial charge is 0.243 e. The predicted octanol–water partition coefficient (Wildman–Crippen LogP) is 3.08. The maximum atomic E-state index is 12.9. The highest BCUT2D eigenvalue weighted by Crippen LogP contribution is 2.30. The lowest BCUT2D eigenvalue weighted by Gasteiger charge is -2.37. The molecule has 0 radical (unpaired) electrons. The zero-order valence-electron chi connectivity index (χ0n) is 13.0. The van der Waals surface area contributed by atoms with Crippen LogP contribution < -0.4 is 0 Å². The summed E-state index contributed by atoms with van der Waals surface area (Å²) in [4.78, 5) is 0.285. The van der Waals surface area contributed by atoms with Crippen LogP contribution in [0.2, 0.25) is 0 Å². The van der Waals surface area contributed by atoms with E-state index in [1.165, 1.54) is 0 Å². The molecule has 0 saturated carbocycles. The second-order valence-electron chi connectivity index (χ2n) is 5.96. The maximum absolute atomic E-state index is 12.9.